The van der Waals surface area contributed by atoms with Gasteiger partial charge in [-0.05, 0) is 37.8 Å². The smallest absolute Gasteiger partial charge is 0.307 e. The topological polar surface area (TPSA) is 99.2 Å². The van der Waals surface area contributed by atoms with E-state index in [1.165, 1.54) is 0 Å². The minimum absolute atomic E-state index is 0.0836. The van der Waals surface area contributed by atoms with Gasteiger partial charge in [0.15, 0.2) is 0 Å². The normalized spacial score (nSPS) is 25.3. The highest BCUT2D eigenvalue weighted by atomic mass is 16.5. The molecule has 8 nitrogen and oxygen atoms in total. The SMILES string of the molecule is O=C(Nc1ccccc1C(=O)N1CCC(N2CCOCC2)CC1)[C@H]1CCCC[C@H]1C(=O)O. The number of para-hydroxylation sites is 1. The number of hydrogen-bond acceptors (Lipinski definition) is 5. The summed E-state index contributed by atoms with van der Waals surface area (Å²) < 4.78 is 5.44. The molecular weight excluding hydrogens is 410 g/mol. The third kappa shape index (κ3) is 5.13. The zero-order chi connectivity index (χ0) is 22.5. The molecule has 2 N–H and O–H groups in total. The Bertz CT molecular complexity index is 831. The van der Waals surface area contributed by atoms with Gasteiger partial charge < -0.3 is 20.1 Å². The molecule has 0 aromatic heterocycles. The van der Waals surface area contributed by atoms with Gasteiger partial charge in [-0.2, -0.15) is 0 Å². The van der Waals surface area contributed by atoms with E-state index in [0.29, 0.717) is 43.2 Å². The van der Waals surface area contributed by atoms with Gasteiger partial charge in [0.2, 0.25) is 5.91 Å². The lowest BCUT2D eigenvalue weighted by Crippen LogP contribution is -2.50. The van der Waals surface area contributed by atoms with Crippen molar-refractivity contribution in [3.63, 3.8) is 0 Å². The highest BCUT2D eigenvalue weighted by Crippen LogP contribution is 2.32. The van der Waals surface area contributed by atoms with Crippen LogP contribution in [0, 0.1) is 11.8 Å². The van der Waals surface area contributed by atoms with Crippen LogP contribution in [0.25, 0.3) is 0 Å². The first-order valence-electron chi connectivity index (χ1n) is 11.8. The summed E-state index contributed by atoms with van der Waals surface area (Å²) in [6, 6.07) is 7.53. The number of carboxylic acid groups (broad SMARTS) is 1. The number of likely N-dealkylation sites (tertiary alicyclic amines) is 1. The summed E-state index contributed by atoms with van der Waals surface area (Å²) in [4.78, 5) is 42.1. The first-order valence-corrected chi connectivity index (χ1v) is 11.8. The van der Waals surface area contributed by atoms with Crippen LogP contribution in [0.3, 0.4) is 0 Å². The van der Waals surface area contributed by atoms with Gasteiger partial charge in [-0.25, -0.2) is 0 Å². The fourth-order valence-electron chi connectivity index (χ4n) is 5.29. The summed E-state index contributed by atoms with van der Waals surface area (Å²) in [5.41, 5.74) is 0.931. The molecule has 174 valence electrons. The molecule has 0 bridgehead atoms. The number of nitrogens with zero attached hydrogens (tertiary/aromatic N) is 2. The number of morpholine rings is 1. The van der Waals surface area contributed by atoms with Crippen LogP contribution >= 0.6 is 0 Å². The first-order chi connectivity index (χ1) is 15.5. The molecule has 2 amide bonds. The van der Waals surface area contributed by atoms with Gasteiger partial charge in [0.1, 0.15) is 0 Å². The molecule has 2 saturated heterocycles. The van der Waals surface area contributed by atoms with E-state index in [1.807, 2.05) is 4.90 Å². The van der Waals surface area contributed by atoms with Gasteiger partial charge in [0, 0.05) is 32.2 Å². The van der Waals surface area contributed by atoms with Crippen LogP contribution in [0.15, 0.2) is 24.3 Å². The van der Waals surface area contributed by atoms with Crippen molar-refractivity contribution in [3.8, 4) is 0 Å². The van der Waals surface area contributed by atoms with Crippen molar-refractivity contribution >= 4 is 23.5 Å². The molecule has 3 fully saturated rings. The van der Waals surface area contributed by atoms with E-state index in [-0.39, 0.29) is 11.8 Å². The number of aliphatic carboxylic acids is 1. The Labute approximate surface area is 188 Å². The Morgan fingerprint density at radius 3 is 2.25 bits per heavy atom. The second kappa shape index (κ2) is 10.4. The van der Waals surface area contributed by atoms with Crippen LogP contribution in [-0.4, -0.2) is 78.1 Å². The van der Waals surface area contributed by atoms with Crippen molar-refractivity contribution in [2.24, 2.45) is 11.8 Å². The minimum Gasteiger partial charge on any atom is -0.481 e. The number of amides is 2. The molecule has 2 atom stereocenters. The summed E-state index contributed by atoms with van der Waals surface area (Å²) in [7, 11) is 0. The van der Waals surface area contributed by atoms with Crippen molar-refractivity contribution < 1.29 is 24.2 Å². The van der Waals surface area contributed by atoms with E-state index in [2.05, 4.69) is 10.2 Å². The highest BCUT2D eigenvalue weighted by molar-refractivity contribution is 6.04. The number of anilines is 1. The predicted octanol–water partition coefficient (Wildman–Crippen LogP) is 2.45. The van der Waals surface area contributed by atoms with Crippen LogP contribution in [0.1, 0.15) is 48.9 Å². The third-order valence-corrected chi connectivity index (χ3v) is 7.15. The highest BCUT2D eigenvalue weighted by Gasteiger charge is 2.36. The fraction of sp³-hybridized carbons (Fsp3) is 0.625. The monoisotopic (exact) mass is 443 g/mol. The predicted molar refractivity (Wildman–Crippen MR) is 119 cm³/mol. The third-order valence-electron chi connectivity index (χ3n) is 7.15. The maximum absolute atomic E-state index is 13.3. The molecule has 3 aliphatic rings. The van der Waals surface area contributed by atoms with Gasteiger partial charge in [0.05, 0.1) is 36.3 Å². The standard InChI is InChI=1S/C24H33N3O5/c28-22(18-5-1-2-6-19(18)24(30)31)25-21-8-4-3-7-20(21)23(29)27-11-9-17(10-12-27)26-13-15-32-16-14-26/h3-4,7-8,17-19H,1-2,5-6,9-16H2,(H,25,28)(H,30,31)/t18-,19+/m0/s1. The Morgan fingerprint density at radius 2 is 1.56 bits per heavy atom. The van der Waals surface area contributed by atoms with E-state index >= 15 is 0 Å². The summed E-state index contributed by atoms with van der Waals surface area (Å²) in [5, 5.41) is 12.4. The van der Waals surface area contributed by atoms with E-state index in [4.69, 9.17) is 4.74 Å². The van der Waals surface area contributed by atoms with Crippen LogP contribution in [0.2, 0.25) is 0 Å². The number of hydrogen-bond donors (Lipinski definition) is 2. The fourth-order valence-corrected chi connectivity index (χ4v) is 5.29. The Kier molecular flexibility index (Phi) is 7.42. The van der Waals surface area contributed by atoms with Crippen molar-refractivity contribution in [3.05, 3.63) is 29.8 Å². The van der Waals surface area contributed by atoms with Gasteiger partial charge >= 0.3 is 5.97 Å². The zero-order valence-electron chi connectivity index (χ0n) is 18.5. The molecule has 0 radical (unpaired) electrons. The summed E-state index contributed by atoms with van der Waals surface area (Å²) in [6.45, 7) is 4.82. The molecule has 8 heteroatoms. The molecule has 1 aromatic carbocycles. The zero-order valence-corrected chi connectivity index (χ0v) is 18.5. The quantitative estimate of drug-likeness (QED) is 0.725. The average molecular weight is 444 g/mol. The lowest BCUT2D eigenvalue weighted by molar-refractivity contribution is -0.147. The molecule has 2 heterocycles. The van der Waals surface area contributed by atoms with Crippen molar-refractivity contribution in [2.45, 2.75) is 44.6 Å². The summed E-state index contributed by atoms with van der Waals surface area (Å²) >= 11 is 0. The van der Waals surface area contributed by atoms with Gasteiger partial charge in [-0.1, -0.05) is 25.0 Å². The Hall–Kier alpha value is -2.45. The summed E-state index contributed by atoms with van der Waals surface area (Å²) in [5.74, 6) is -2.53. The molecule has 1 aromatic rings. The molecule has 0 spiro atoms. The molecule has 1 saturated carbocycles. The van der Waals surface area contributed by atoms with E-state index in [1.54, 1.807) is 24.3 Å². The Morgan fingerprint density at radius 1 is 0.906 bits per heavy atom. The number of nitrogens with one attached hydrogen (secondary N) is 1. The number of ether oxygens (including phenoxy) is 1. The number of rotatable bonds is 5. The van der Waals surface area contributed by atoms with Crippen LogP contribution in [0.5, 0.6) is 0 Å². The number of piperidine rings is 1. The molecule has 1 aliphatic carbocycles. The van der Waals surface area contributed by atoms with Crippen LogP contribution in [-0.2, 0) is 14.3 Å². The maximum atomic E-state index is 13.3. The van der Waals surface area contributed by atoms with Crippen molar-refractivity contribution in [1.29, 1.82) is 0 Å². The lowest BCUT2D eigenvalue weighted by Gasteiger charge is -2.40. The van der Waals surface area contributed by atoms with Crippen LogP contribution < -0.4 is 5.32 Å². The maximum Gasteiger partial charge on any atom is 0.307 e. The number of benzene rings is 1. The van der Waals surface area contributed by atoms with E-state index < -0.39 is 17.8 Å². The largest absolute Gasteiger partial charge is 0.481 e. The number of carbonyl (C=O) groups is 3. The van der Waals surface area contributed by atoms with Crippen LogP contribution in [0.4, 0.5) is 5.69 Å². The molecule has 2 aliphatic heterocycles. The minimum atomic E-state index is -0.919. The van der Waals surface area contributed by atoms with Gasteiger partial charge in [0.25, 0.3) is 5.91 Å². The molecular formula is C24H33N3O5. The Balaban J connectivity index is 1.40. The molecule has 32 heavy (non-hydrogen) atoms. The molecule has 0 unspecified atom stereocenters. The average Bonchev–Trinajstić information content (AvgIpc) is 2.84. The second-order valence-electron chi connectivity index (χ2n) is 9.04. The number of carbonyl (C=O) groups excluding carboxylic acids is 2. The molecule has 4 rings (SSSR count). The lowest BCUT2D eigenvalue weighted by atomic mass is 9.78. The van der Waals surface area contributed by atoms with E-state index in [0.717, 1.165) is 52.0 Å². The van der Waals surface area contributed by atoms with Crippen molar-refractivity contribution in [2.75, 3.05) is 44.7 Å². The van der Waals surface area contributed by atoms with Gasteiger partial charge in [-0.15, -0.1) is 0 Å². The number of carboxylic acids is 1. The van der Waals surface area contributed by atoms with E-state index in [9.17, 15) is 19.5 Å². The van der Waals surface area contributed by atoms with Crippen molar-refractivity contribution in [1.82, 2.24) is 9.80 Å². The summed E-state index contributed by atoms with van der Waals surface area (Å²) in [6.07, 6.45) is 4.63. The van der Waals surface area contributed by atoms with Gasteiger partial charge in [-0.3, -0.25) is 19.3 Å². The second-order valence-corrected chi connectivity index (χ2v) is 9.04. The first kappa shape index (κ1) is 22.7.